The molecule has 5 aliphatic rings. The van der Waals surface area contributed by atoms with Gasteiger partial charge in [-0.1, -0.05) is 56.7 Å². The van der Waals surface area contributed by atoms with Crippen LogP contribution >= 0.6 is 0 Å². The summed E-state index contributed by atoms with van der Waals surface area (Å²) in [5.74, 6) is 3.69. The molecule has 0 heterocycles. The van der Waals surface area contributed by atoms with Crippen molar-refractivity contribution < 1.29 is 0 Å². The number of fused-ring (bicyclic) bond motifs is 6. The second-order valence-electron chi connectivity index (χ2n) is 11.4. The number of allylic oxidation sites excluding steroid dienone is 4. The lowest BCUT2D eigenvalue weighted by Crippen LogP contribution is -2.54. The van der Waals surface area contributed by atoms with E-state index < -0.39 is 0 Å². The zero-order valence-electron chi connectivity index (χ0n) is 17.4. The third-order valence-corrected chi connectivity index (χ3v) is 10.5. The number of rotatable bonds is 0. The zero-order chi connectivity index (χ0) is 18.3. The molecule has 5 aliphatic carbocycles. The van der Waals surface area contributed by atoms with Gasteiger partial charge < -0.3 is 0 Å². The molecular weight excluding hydrogens is 312 g/mol. The van der Waals surface area contributed by atoms with E-state index in [1.807, 2.05) is 0 Å². The molecule has 7 atom stereocenters. The molecule has 0 bridgehead atoms. The molecule has 0 N–H and O–H groups in total. The molecular formula is C26H38. The van der Waals surface area contributed by atoms with Crippen molar-refractivity contribution in [1.82, 2.24) is 0 Å². The highest BCUT2D eigenvalue weighted by atomic mass is 14.7. The van der Waals surface area contributed by atoms with Gasteiger partial charge in [-0.15, -0.1) is 0 Å². The van der Waals surface area contributed by atoms with E-state index in [1.54, 1.807) is 11.1 Å². The summed E-state index contributed by atoms with van der Waals surface area (Å²) in [7, 11) is 0. The molecule has 0 nitrogen and oxygen atoms in total. The Hall–Kier alpha value is -0.780. The highest BCUT2D eigenvalue weighted by Gasteiger charge is 2.65. The maximum absolute atomic E-state index is 4.39. The highest BCUT2D eigenvalue weighted by molar-refractivity contribution is 5.34. The van der Waals surface area contributed by atoms with Crippen molar-refractivity contribution in [3.8, 4) is 0 Å². The second-order valence-corrected chi connectivity index (χ2v) is 11.4. The SMILES string of the molecule is C=C1C=C2C[C@@H](C)C3C(CCC4(C)C3CC[C@@]43CCC(=C)C3)C2(C)CC1. The van der Waals surface area contributed by atoms with E-state index in [0.29, 0.717) is 16.2 Å². The van der Waals surface area contributed by atoms with Gasteiger partial charge in [0.05, 0.1) is 0 Å². The summed E-state index contributed by atoms with van der Waals surface area (Å²) < 4.78 is 0. The van der Waals surface area contributed by atoms with E-state index in [2.05, 4.69) is 40.0 Å². The quantitative estimate of drug-likeness (QED) is 0.397. The van der Waals surface area contributed by atoms with Crippen molar-refractivity contribution in [2.75, 3.05) is 0 Å². The van der Waals surface area contributed by atoms with E-state index in [1.165, 1.54) is 69.8 Å². The van der Waals surface area contributed by atoms with Gasteiger partial charge in [-0.2, -0.15) is 0 Å². The molecule has 0 aromatic rings. The minimum absolute atomic E-state index is 0.467. The summed E-state index contributed by atoms with van der Waals surface area (Å²) in [5.41, 5.74) is 6.35. The van der Waals surface area contributed by atoms with E-state index in [-0.39, 0.29) is 0 Å². The van der Waals surface area contributed by atoms with Gasteiger partial charge in [0.25, 0.3) is 0 Å². The van der Waals surface area contributed by atoms with Crippen LogP contribution in [0.5, 0.6) is 0 Å². The number of hydrogen-bond donors (Lipinski definition) is 0. The van der Waals surface area contributed by atoms with Gasteiger partial charge in [0.1, 0.15) is 0 Å². The minimum atomic E-state index is 0.467. The number of hydrogen-bond acceptors (Lipinski definition) is 0. The Bertz CT molecular complexity index is 695. The normalized spacial score (nSPS) is 53.3. The van der Waals surface area contributed by atoms with Crippen LogP contribution in [-0.4, -0.2) is 0 Å². The highest BCUT2D eigenvalue weighted by Crippen LogP contribution is 2.74. The Morgan fingerprint density at radius 2 is 1.73 bits per heavy atom. The smallest absolute Gasteiger partial charge is 0.00788 e. The van der Waals surface area contributed by atoms with Crippen molar-refractivity contribution in [3.63, 3.8) is 0 Å². The van der Waals surface area contributed by atoms with Crippen LogP contribution in [0.3, 0.4) is 0 Å². The van der Waals surface area contributed by atoms with Crippen LogP contribution in [0.1, 0.15) is 85.0 Å². The molecule has 26 heavy (non-hydrogen) atoms. The average molecular weight is 351 g/mol. The molecule has 1 spiro atoms. The van der Waals surface area contributed by atoms with E-state index in [9.17, 15) is 0 Å². The van der Waals surface area contributed by atoms with Crippen LogP contribution in [0, 0.1) is 39.9 Å². The molecule has 5 unspecified atom stereocenters. The summed E-state index contributed by atoms with van der Waals surface area (Å²) in [5, 5.41) is 0. The molecule has 0 aromatic carbocycles. The van der Waals surface area contributed by atoms with E-state index in [0.717, 1.165) is 23.7 Å². The van der Waals surface area contributed by atoms with Gasteiger partial charge in [-0.05, 0) is 104 Å². The summed E-state index contributed by atoms with van der Waals surface area (Å²) in [4.78, 5) is 0. The molecule has 0 aliphatic heterocycles. The Morgan fingerprint density at radius 1 is 0.962 bits per heavy atom. The molecule has 4 saturated carbocycles. The lowest BCUT2D eigenvalue weighted by atomic mass is 9.43. The van der Waals surface area contributed by atoms with Crippen LogP contribution < -0.4 is 0 Å². The monoisotopic (exact) mass is 350 g/mol. The van der Waals surface area contributed by atoms with Crippen molar-refractivity contribution in [1.29, 1.82) is 0 Å². The second kappa shape index (κ2) is 5.39. The van der Waals surface area contributed by atoms with Gasteiger partial charge in [0.2, 0.25) is 0 Å². The maximum atomic E-state index is 4.39. The lowest BCUT2D eigenvalue weighted by Gasteiger charge is -2.61. The first kappa shape index (κ1) is 17.3. The Balaban J connectivity index is 1.53. The van der Waals surface area contributed by atoms with Gasteiger partial charge in [0.15, 0.2) is 0 Å². The molecule has 4 fully saturated rings. The standard InChI is InChI=1S/C26H38/c1-17-6-10-24(4)20(14-17)15-19(3)23-21(24)8-11-25(5)22(23)9-13-26(25)12-7-18(2)16-26/h14,19,21-23H,1-2,6-13,15-16H2,3-5H3/t19-,21?,22?,23?,24?,25?,26-/m1/s1. The van der Waals surface area contributed by atoms with Crippen molar-refractivity contribution in [2.45, 2.75) is 85.0 Å². The van der Waals surface area contributed by atoms with Crippen LogP contribution in [0.25, 0.3) is 0 Å². The topological polar surface area (TPSA) is 0 Å². The summed E-state index contributed by atoms with van der Waals surface area (Å²) in [6.45, 7) is 16.6. The summed E-state index contributed by atoms with van der Waals surface area (Å²) >= 11 is 0. The van der Waals surface area contributed by atoms with Crippen LogP contribution in [0.2, 0.25) is 0 Å². The molecule has 0 heteroatoms. The van der Waals surface area contributed by atoms with E-state index >= 15 is 0 Å². The Morgan fingerprint density at radius 3 is 2.46 bits per heavy atom. The van der Waals surface area contributed by atoms with Crippen LogP contribution in [-0.2, 0) is 0 Å². The molecule has 142 valence electrons. The van der Waals surface area contributed by atoms with Crippen molar-refractivity contribution in [2.24, 2.45) is 39.9 Å². The average Bonchev–Trinajstić information content (AvgIpc) is 3.11. The Labute approximate surface area is 161 Å². The molecule has 5 rings (SSSR count). The lowest BCUT2D eigenvalue weighted by molar-refractivity contribution is -0.0956. The van der Waals surface area contributed by atoms with Gasteiger partial charge in [0, 0.05) is 0 Å². The first-order chi connectivity index (χ1) is 12.3. The maximum Gasteiger partial charge on any atom is -0.00788 e. The first-order valence-electron chi connectivity index (χ1n) is 11.3. The Kier molecular flexibility index (Phi) is 3.59. The predicted octanol–water partition coefficient (Wildman–Crippen LogP) is 7.48. The van der Waals surface area contributed by atoms with Gasteiger partial charge in [-0.25, -0.2) is 0 Å². The summed E-state index contributed by atoms with van der Waals surface area (Å²) in [6.07, 6.45) is 16.4. The van der Waals surface area contributed by atoms with Crippen molar-refractivity contribution >= 4 is 0 Å². The minimum Gasteiger partial charge on any atom is -0.0998 e. The van der Waals surface area contributed by atoms with Crippen LogP contribution in [0.4, 0.5) is 0 Å². The fourth-order valence-corrected chi connectivity index (χ4v) is 9.00. The molecule has 0 amide bonds. The predicted molar refractivity (Wildman–Crippen MR) is 111 cm³/mol. The fourth-order valence-electron chi connectivity index (χ4n) is 9.00. The van der Waals surface area contributed by atoms with E-state index in [4.69, 9.17) is 0 Å². The molecule has 0 aromatic heterocycles. The van der Waals surface area contributed by atoms with Crippen LogP contribution in [0.15, 0.2) is 36.0 Å². The fraction of sp³-hybridized carbons (Fsp3) is 0.769. The summed E-state index contributed by atoms with van der Waals surface area (Å²) in [6, 6.07) is 0. The zero-order valence-corrected chi connectivity index (χ0v) is 17.4. The largest absolute Gasteiger partial charge is 0.0998 e. The van der Waals surface area contributed by atoms with Gasteiger partial charge >= 0.3 is 0 Å². The molecule has 0 saturated heterocycles. The third-order valence-electron chi connectivity index (χ3n) is 10.5. The third kappa shape index (κ3) is 2.03. The van der Waals surface area contributed by atoms with Gasteiger partial charge in [-0.3, -0.25) is 0 Å². The molecule has 0 radical (unpaired) electrons. The van der Waals surface area contributed by atoms with Crippen molar-refractivity contribution in [3.05, 3.63) is 36.0 Å². The first-order valence-corrected chi connectivity index (χ1v) is 11.3.